The molecular weight excluding hydrogens is 410 g/mol. The summed E-state index contributed by atoms with van der Waals surface area (Å²) in [6.07, 6.45) is 1.08. The maximum atomic E-state index is 12.1. The van der Waals surface area contributed by atoms with E-state index in [4.69, 9.17) is 19.9 Å². The number of anilines is 4. The van der Waals surface area contributed by atoms with E-state index in [0.29, 0.717) is 40.2 Å². The third kappa shape index (κ3) is 6.00. The van der Waals surface area contributed by atoms with Gasteiger partial charge in [-0.3, -0.25) is 5.32 Å². The van der Waals surface area contributed by atoms with Gasteiger partial charge in [-0.15, -0.1) is 0 Å². The predicted octanol–water partition coefficient (Wildman–Crippen LogP) is 4.83. The Morgan fingerprint density at radius 3 is 2.41 bits per heavy atom. The minimum absolute atomic E-state index is 0.369. The number of amides is 1. The molecule has 0 atom stereocenters. The molecular formula is C23H27N5O4. The Balaban J connectivity index is 1.83. The first-order chi connectivity index (χ1) is 15.2. The molecule has 0 radical (unpaired) electrons. The molecule has 1 heterocycles. The van der Waals surface area contributed by atoms with Crippen LogP contribution in [0.25, 0.3) is 11.3 Å². The molecule has 2 aromatic carbocycles. The number of aromatic nitrogens is 2. The topological polar surface area (TPSA) is 121 Å². The van der Waals surface area contributed by atoms with Crippen molar-refractivity contribution < 1.29 is 19.0 Å². The highest BCUT2D eigenvalue weighted by atomic mass is 16.6. The minimum Gasteiger partial charge on any atom is -0.497 e. The zero-order valence-corrected chi connectivity index (χ0v) is 18.7. The molecule has 0 saturated carbocycles. The first kappa shape index (κ1) is 22.7. The molecule has 9 nitrogen and oxygen atoms in total. The maximum absolute atomic E-state index is 12.1. The number of benzene rings is 2. The molecule has 3 rings (SSSR count). The molecule has 3 aromatic rings. The molecule has 32 heavy (non-hydrogen) atoms. The third-order valence-corrected chi connectivity index (χ3v) is 4.22. The molecule has 9 heteroatoms. The Bertz CT molecular complexity index is 1110. The van der Waals surface area contributed by atoms with Crippen molar-refractivity contribution in [2.75, 3.05) is 30.6 Å². The molecule has 0 bridgehead atoms. The number of methoxy groups -OCH3 is 2. The average Bonchev–Trinajstić information content (AvgIpc) is 2.72. The molecule has 0 saturated heterocycles. The highest BCUT2D eigenvalue weighted by Gasteiger charge is 2.17. The molecule has 0 aliphatic heterocycles. The van der Waals surface area contributed by atoms with Crippen LogP contribution in [0.1, 0.15) is 20.8 Å². The smallest absolute Gasteiger partial charge is 0.412 e. The molecule has 0 fully saturated rings. The van der Waals surface area contributed by atoms with Crippen molar-refractivity contribution >= 4 is 29.1 Å². The van der Waals surface area contributed by atoms with Gasteiger partial charge in [-0.1, -0.05) is 0 Å². The fourth-order valence-electron chi connectivity index (χ4n) is 2.89. The normalized spacial score (nSPS) is 10.9. The lowest BCUT2D eigenvalue weighted by molar-refractivity contribution is 0.0636. The molecule has 1 amide bonds. The monoisotopic (exact) mass is 437 g/mol. The molecule has 0 spiro atoms. The van der Waals surface area contributed by atoms with Gasteiger partial charge in [0.15, 0.2) is 0 Å². The summed E-state index contributed by atoms with van der Waals surface area (Å²) < 4.78 is 15.9. The lowest BCUT2D eigenvalue weighted by atomic mass is 10.1. The Kier molecular flexibility index (Phi) is 6.67. The molecule has 4 N–H and O–H groups in total. The van der Waals surface area contributed by atoms with E-state index in [1.54, 1.807) is 77.6 Å². The Morgan fingerprint density at radius 1 is 1.00 bits per heavy atom. The van der Waals surface area contributed by atoms with E-state index in [0.717, 1.165) is 5.56 Å². The second kappa shape index (κ2) is 9.42. The average molecular weight is 438 g/mol. The lowest BCUT2D eigenvalue weighted by Crippen LogP contribution is -2.27. The van der Waals surface area contributed by atoms with Gasteiger partial charge >= 0.3 is 6.09 Å². The molecule has 1 aromatic heterocycles. The van der Waals surface area contributed by atoms with Crippen molar-refractivity contribution in [3.8, 4) is 22.8 Å². The van der Waals surface area contributed by atoms with Crippen LogP contribution in [-0.2, 0) is 4.74 Å². The molecule has 0 aliphatic carbocycles. The highest BCUT2D eigenvalue weighted by Crippen LogP contribution is 2.29. The molecule has 168 valence electrons. The van der Waals surface area contributed by atoms with Gasteiger partial charge in [-0.2, -0.15) is 0 Å². The summed E-state index contributed by atoms with van der Waals surface area (Å²) in [6, 6.07) is 12.4. The van der Waals surface area contributed by atoms with Crippen molar-refractivity contribution in [3.05, 3.63) is 48.7 Å². The van der Waals surface area contributed by atoms with E-state index >= 15 is 0 Å². The van der Waals surface area contributed by atoms with Crippen molar-refractivity contribution in [2.24, 2.45) is 0 Å². The van der Waals surface area contributed by atoms with Crippen LogP contribution in [0, 0.1) is 0 Å². The number of rotatable bonds is 6. The van der Waals surface area contributed by atoms with Crippen molar-refractivity contribution in [1.82, 2.24) is 9.97 Å². The Hall–Kier alpha value is -4.01. The van der Waals surface area contributed by atoms with Crippen LogP contribution in [0.5, 0.6) is 11.5 Å². The van der Waals surface area contributed by atoms with Gasteiger partial charge in [0.1, 0.15) is 17.1 Å². The summed E-state index contributed by atoms with van der Waals surface area (Å²) in [4.78, 5) is 21.0. The van der Waals surface area contributed by atoms with Crippen LogP contribution in [0.3, 0.4) is 0 Å². The van der Waals surface area contributed by atoms with Crippen LogP contribution < -0.4 is 25.8 Å². The largest absolute Gasteiger partial charge is 0.497 e. The minimum atomic E-state index is -0.608. The van der Waals surface area contributed by atoms with E-state index in [1.165, 1.54) is 0 Å². The number of carbonyl (C=O) groups is 1. The number of carbonyl (C=O) groups excluding carboxylic acids is 1. The van der Waals surface area contributed by atoms with Gasteiger partial charge in [-0.05, 0) is 51.1 Å². The van der Waals surface area contributed by atoms with Crippen LogP contribution in [0.2, 0.25) is 0 Å². The first-order valence-electron chi connectivity index (χ1n) is 9.90. The fraction of sp³-hybridized carbons (Fsp3) is 0.261. The number of nitrogens with two attached hydrogens (primary N) is 1. The van der Waals surface area contributed by atoms with Gasteiger partial charge in [0, 0.05) is 35.3 Å². The zero-order valence-electron chi connectivity index (χ0n) is 18.7. The first-order valence-corrected chi connectivity index (χ1v) is 9.90. The van der Waals surface area contributed by atoms with Crippen molar-refractivity contribution in [1.29, 1.82) is 0 Å². The quantitative estimate of drug-likeness (QED) is 0.469. The second-order valence-corrected chi connectivity index (χ2v) is 7.92. The Labute approximate surface area is 186 Å². The van der Waals surface area contributed by atoms with Crippen LogP contribution >= 0.6 is 0 Å². The standard InChI is InChI=1S/C23H27N5O4/c1-23(2,3)32-22(29)27-16-11-15(12-17(13-16)30-4)26-21-25-9-8-19(28-21)14-6-7-20(31-5)18(24)10-14/h6-13H,24H2,1-5H3,(H,27,29)(H,25,26,28). The van der Waals surface area contributed by atoms with Gasteiger partial charge in [0.25, 0.3) is 0 Å². The molecule has 0 aliphatic rings. The third-order valence-electron chi connectivity index (χ3n) is 4.22. The predicted molar refractivity (Wildman–Crippen MR) is 125 cm³/mol. The summed E-state index contributed by atoms with van der Waals surface area (Å²) >= 11 is 0. The second-order valence-electron chi connectivity index (χ2n) is 7.92. The van der Waals surface area contributed by atoms with E-state index in [1.807, 2.05) is 6.07 Å². The zero-order chi connectivity index (χ0) is 23.3. The summed E-state index contributed by atoms with van der Waals surface area (Å²) in [6.45, 7) is 5.39. The summed E-state index contributed by atoms with van der Waals surface area (Å²) in [5, 5.41) is 5.84. The maximum Gasteiger partial charge on any atom is 0.412 e. The number of hydrogen-bond acceptors (Lipinski definition) is 8. The summed E-state index contributed by atoms with van der Waals surface area (Å²) in [7, 11) is 3.11. The van der Waals surface area contributed by atoms with Crippen LogP contribution in [-0.4, -0.2) is 35.9 Å². The lowest BCUT2D eigenvalue weighted by Gasteiger charge is -2.20. The summed E-state index contributed by atoms with van der Waals surface area (Å²) in [5.41, 5.74) is 8.56. The molecule has 0 unspecified atom stereocenters. The summed E-state index contributed by atoms with van der Waals surface area (Å²) in [5.74, 6) is 1.51. The van der Waals surface area contributed by atoms with Gasteiger partial charge in [0.05, 0.1) is 25.6 Å². The van der Waals surface area contributed by atoms with E-state index in [-0.39, 0.29) is 0 Å². The number of nitrogens with zero attached hydrogens (tertiary/aromatic N) is 2. The number of nitrogens with one attached hydrogen (secondary N) is 2. The van der Waals surface area contributed by atoms with E-state index in [9.17, 15) is 4.79 Å². The Morgan fingerprint density at radius 2 is 1.75 bits per heavy atom. The number of nitrogen functional groups attached to an aromatic ring is 1. The number of hydrogen-bond donors (Lipinski definition) is 3. The van der Waals surface area contributed by atoms with Gasteiger partial charge < -0.3 is 25.3 Å². The van der Waals surface area contributed by atoms with E-state index < -0.39 is 11.7 Å². The van der Waals surface area contributed by atoms with Crippen LogP contribution in [0.15, 0.2) is 48.7 Å². The van der Waals surface area contributed by atoms with Crippen molar-refractivity contribution in [3.63, 3.8) is 0 Å². The number of ether oxygens (including phenoxy) is 3. The van der Waals surface area contributed by atoms with Crippen LogP contribution in [0.4, 0.5) is 27.8 Å². The van der Waals surface area contributed by atoms with E-state index in [2.05, 4.69) is 20.6 Å². The van der Waals surface area contributed by atoms with Gasteiger partial charge in [-0.25, -0.2) is 14.8 Å². The highest BCUT2D eigenvalue weighted by molar-refractivity contribution is 5.86. The SMILES string of the molecule is COc1cc(NC(=O)OC(C)(C)C)cc(Nc2nccc(-c3ccc(OC)c(N)c3)n2)c1. The van der Waals surface area contributed by atoms with Gasteiger partial charge in [0.2, 0.25) is 5.95 Å². The van der Waals surface area contributed by atoms with Crippen molar-refractivity contribution in [2.45, 2.75) is 26.4 Å². The fourth-order valence-corrected chi connectivity index (χ4v) is 2.89.